The largest absolute Gasteiger partial charge is 1.00 e. The maximum atomic E-state index is 12.9. The number of amides is 1. The molecule has 0 saturated carbocycles. The molecule has 2 aromatic carbocycles. The number of benzene rings is 2. The number of azo groups is 1. The van der Waals surface area contributed by atoms with Crippen LogP contribution in [-0.4, -0.2) is 77.5 Å². The summed E-state index contributed by atoms with van der Waals surface area (Å²) in [6.07, 6.45) is 0. The van der Waals surface area contributed by atoms with Gasteiger partial charge in [0.05, 0.1) is 40.9 Å². The van der Waals surface area contributed by atoms with Crippen LogP contribution in [0.1, 0.15) is 6.99 Å². The molecule has 0 saturated heterocycles. The minimum absolute atomic E-state index is 0. The second-order valence-corrected chi connectivity index (χ2v) is 12.3. The number of carbonyl (C=O) groups excluding carboxylic acids is 2. The molecule has 1 unspecified atom stereocenters. The molecular formula is C20H18N4Na2O13S3. The molecular weight excluding hydrogens is 646 g/mol. The van der Waals surface area contributed by atoms with Crippen molar-refractivity contribution in [3.63, 3.8) is 0 Å². The zero-order valence-corrected chi connectivity index (χ0v) is 28.7. The Labute approximate surface area is 285 Å². The second kappa shape index (κ2) is 14.8. The summed E-state index contributed by atoms with van der Waals surface area (Å²) in [4.78, 5) is 23.6. The topological polar surface area (TPSA) is 265 Å². The fourth-order valence-electron chi connectivity index (χ4n) is 3.35. The van der Waals surface area contributed by atoms with Gasteiger partial charge in [0, 0.05) is 6.07 Å². The van der Waals surface area contributed by atoms with Crippen molar-refractivity contribution in [2.75, 3.05) is 24.5 Å². The minimum atomic E-state index is -5.11. The summed E-state index contributed by atoms with van der Waals surface area (Å²) in [5.74, 6) is -3.94. The van der Waals surface area contributed by atoms with Gasteiger partial charge in [-0.2, -0.15) is 20.3 Å². The quantitative estimate of drug-likeness (QED) is 0.0936. The molecule has 2 aromatic rings. The van der Waals surface area contributed by atoms with Crippen molar-refractivity contribution >= 4 is 59.3 Å². The van der Waals surface area contributed by atoms with E-state index in [-0.39, 0.29) is 88.1 Å². The summed E-state index contributed by atoms with van der Waals surface area (Å²) in [7, 11) is -12.9. The van der Waals surface area contributed by atoms with Crippen LogP contribution in [-0.2, 0) is 44.1 Å². The third-order valence-corrected chi connectivity index (χ3v) is 8.28. The number of carbonyl (C=O) groups is 2. The van der Waals surface area contributed by atoms with E-state index in [0.29, 0.717) is 5.01 Å². The van der Waals surface area contributed by atoms with Crippen molar-refractivity contribution < 1.29 is 119 Å². The van der Waals surface area contributed by atoms with Gasteiger partial charge in [-0.1, -0.05) is 0 Å². The fraction of sp³-hybridized carbons (Fsp3) is 0.250. The summed E-state index contributed by atoms with van der Waals surface area (Å²) in [6.45, 7) is 0.414. The fourth-order valence-corrected chi connectivity index (χ4v) is 5.57. The van der Waals surface area contributed by atoms with Crippen LogP contribution in [0.15, 0.2) is 61.5 Å². The van der Waals surface area contributed by atoms with E-state index >= 15 is 0 Å². The number of nitrogens with zero attached hydrogens (tertiary/aromatic N) is 4. The number of aliphatic carboxylic acids is 1. The molecule has 3 rings (SSSR count). The average molecular weight is 665 g/mol. The van der Waals surface area contributed by atoms with Crippen molar-refractivity contribution in [1.82, 2.24) is 0 Å². The first kappa shape index (κ1) is 38.2. The Kier molecular flexibility index (Phi) is 13.4. The molecule has 1 amide bonds. The Bertz CT molecular complexity index is 1750. The van der Waals surface area contributed by atoms with Crippen molar-refractivity contribution in [3.8, 4) is 5.75 Å². The SMILES string of the molecule is COc1cc(S(=O)(=O)CCOS(=O)(=O)[O-])c(C)cc1N=NC1C(=O)N(c2ccc(S(=O)(=O)[O-])cc2)N=C1C(=O)[O-].[H+].[Na+].[Na+]. The van der Waals surface area contributed by atoms with Crippen LogP contribution in [0, 0.1) is 6.92 Å². The van der Waals surface area contributed by atoms with Crippen LogP contribution in [0.3, 0.4) is 0 Å². The molecule has 1 aliphatic rings. The molecule has 42 heavy (non-hydrogen) atoms. The van der Waals surface area contributed by atoms with Crippen LogP contribution in [0.4, 0.5) is 11.4 Å². The van der Waals surface area contributed by atoms with E-state index in [1.165, 1.54) is 13.0 Å². The molecule has 0 fully saturated rings. The number of aryl methyl sites for hydroxylation is 1. The number of sulfone groups is 1. The summed E-state index contributed by atoms with van der Waals surface area (Å²) in [5.41, 5.74) is -1.00. The minimum Gasteiger partial charge on any atom is -0.744 e. The molecule has 17 nitrogen and oxygen atoms in total. The van der Waals surface area contributed by atoms with Crippen molar-refractivity contribution in [1.29, 1.82) is 0 Å². The second-order valence-electron chi connectivity index (χ2n) is 7.83. The van der Waals surface area contributed by atoms with Crippen LogP contribution in [0.5, 0.6) is 5.75 Å². The number of ether oxygens (including phenoxy) is 1. The number of hydrogen-bond donors (Lipinski definition) is 0. The predicted octanol–water partition coefficient (Wildman–Crippen LogP) is -7.12. The first-order valence-corrected chi connectivity index (χ1v) is 15.0. The molecule has 0 N–H and O–H groups in total. The Morgan fingerprint density at radius 3 is 2.17 bits per heavy atom. The predicted molar refractivity (Wildman–Crippen MR) is 129 cm³/mol. The van der Waals surface area contributed by atoms with Crippen LogP contribution in [0.2, 0.25) is 0 Å². The Morgan fingerprint density at radius 1 is 1.07 bits per heavy atom. The van der Waals surface area contributed by atoms with Crippen LogP contribution < -0.4 is 74.0 Å². The van der Waals surface area contributed by atoms with E-state index in [1.807, 2.05) is 0 Å². The van der Waals surface area contributed by atoms with Gasteiger partial charge >= 0.3 is 60.5 Å². The maximum absolute atomic E-state index is 12.9. The third-order valence-electron chi connectivity index (χ3n) is 5.16. The summed E-state index contributed by atoms with van der Waals surface area (Å²) < 4.78 is 99.3. The number of methoxy groups -OCH3 is 1. The van der Waals surface area contributed by atoms with Gasteiger partial charge < -0.3 is 23.7 Å². The molecule has 0 aliphatic carbocycles. The molecule has 22 heteroatoms. The third kappa shape index (κ3) is 9.34. The number of carboxylic acids is 1. The first-order valence-electron chi connectivity index (χ1n) is 10.6. The van der Waals surface area contributed by atoms with Crippen molar-refractivity contribution in [2.24, 2.45) is 15.3 Å². The zero-order valence-electron chi connectivity index (χ0n) is 23.3. The molecule has 0 spiro atoms. The first-order chi connectivity index (χ1) is 18.4. The Hall–Kier alpha value is -1.82. The van der Waals surface area contributed by atoms with E-state index in [9.17, 15) is 49.1 Å². The molecule has 216 valence electrons. The summed E-state index contributed by atoms with van der Waals surface area (Å²) >= 11 is 0. The van der Waals surface area contributed by atoms with E-state index in [4.69, 9.17) is 4.74 Å². The van der Waals surface area contributed by atoms with E-state index < -0.39 is 71.2 Å². The van der Waals surface area contributed by atoms with E-state index in [1.54, 1.807) is 0 Å². The molecule has 0 bridgehead atoms. The van der Waals surface area contributed by atoms with Crippen molar-refractivity contribution in [2.45, 2.75) is 22.8 Å². The van der Waals surface area contributed by atoms with Gasteiger partial charge in [-0.25, -0.2) is 25.3 Å². The number of rotatable bonds is 11. The van der Waals surface area contributed by atoms with Crippen molar-refractivity contribution in [3.05, 3.63) is 42.0 Å². The van der Waals surface area contributed by atoms with Crippen LogP contribution in [0.25, 0.3) is 0 Å². The smallest absolute Gasteiger partial charge is 0.744 e. The monoisotopic (exact) mass is 664 g/mol. The molecule has 1 atom stereocenters. The Morgan fingerprint density at radius 2 is 1.67 bits per heavy atom. The Balaban J connectivity index is 0.00000588. The van der Waals surface area contributed by atoms with E-state index in [2.05, 4.69) is 19.5 Å². The maximum Gasteiger partial charge on any atom is 1.00 e. The van der Waals surface area contributed by atoms with E-state index in [0.717, 1.165) is 37.4 Å². The number of hydrazone groups is 1. The van der Waals surface area contributed by atoms with Gasteiger partial charge in [-0.3, -0.25) is 8.98 Å². The van der Waals surface area contributed by atoms with Gasteiger partial charge in [-0.15, -0.1) is 0 Å². The number of anilines is 1. The zero-order chi connectivity index (χ0) is 30.0. The summed E-state index contributed by atoms with van der Waals surface area (Å²) in [6, 6.07) is 4.24. The van der Waals surface area contributed by atoms with Crippen LogP contribution >= 0.6 is 0 Å². The molecule has 1 aliphatic heterocycles. The van der Waals surface area contributed by atoms with Gasteiger partial charge in [0.1, 0.15) is 27.3 Å². The number of hydrogen-bond acceptors (Lipinski definition) is 16. The summed E-state index contributed by atoms with van der Waals surface area (Å²) in [5, 5.41) is 23.4. The van der Waals surface area contributed by atoms with Gasteiger partial charge in [0.2, 0.25) is 10.4 Å². The van der Waals surface area contributed by atoms with Gasteiger partial charge in [-0.05, 0) is 42.8 Å². The molecule has 1 heterocycles. The molecule has 0 aromatic heterocycles. The molecule has 0 radical (unpaired) electrons. The van der Waals surface area contributed by atoms with Gasteiger partial charge in [0.15, 0.2) is 15.9 Å². The van der Waals surface area contributed by atoms with Gasteiger partial charge in [0.25, 0.3) is 5.91 Å². The average Bonchev–Trinajstić information content (AvgIpc) is 3.17. The number of carboxylic acid groups (broad SMARTS) is 1. The normalized spacial score (nSPS) is 15.6. The standard InChI is InChI=1S/C20H20N4O13S3.2Na/c1-11-9-14(15(36-2)10-16(11)38(28,29)8-7-37-40(33,34)35)21-22-17-18(20(26)27)23-24(19(17)25)12-3-5-13(6-4-12)39(30,31)32;;/h3-6,9-10,17H,7-8H2,1-2H3,(H,26,27)(H,30,31,32)(H,33,34,35);;/q;2*+1/p-2.